The Balaban J connectivity index is 3.55. The monoisotopic (exact) mass is 211 g/mol. The van der Waals surface area contributed by atoms with E-state index in [1.165, 1.54) is 0 Å². The predicted octanol–water partition coefficient (Wildman–Crippen LogP) is 3.29. The van der Waals surface area contributed by atoms with Gasteiger partial charge < -0.3 is 5.21 Å². The van der Waals surface area contributed by atoms with E-state index in [-0.39, 0.29) is 5.17 Å². The summed E-state index contributed by atoms with van der Waals surface area (Å²) in [5, 5.41) is 11.9. The number of rotatable bonds is 1. The summed E-state index contributed by atoms with van der Waals surface area (Å²) in [5.41, 5.74) is 5.29. The van der Waals surface area contributed by atoms with Crippen molar-refractivity contribution in [3.8, 4) is 0 Å². The first-order chi connectivity index (χ1) is 6.49. The molecule has 0 heterocycles. The van der Waals surface area contributed by atoms with Crippen molar-refractivity contribution in [1.82, 2.24) is 0 Å². The second-order valence-electron chi connectivity index (χ2n) is 3.53. The van der Waals surface area contributed by atoms with Crippen LogP contribution < -0.4 is 0 Å². The van der Waals surface area contributed by atoms with Crippen molar-refractivity contribution in [2.45, 2.75) is 27.7 Å². The standard InChI is InChI=1S/C11H14ClNO/c1-6-5-7(2)9(4)10(8(6)3)11(12)13-14/h5,14H,1-4H3. The van der Waals surface area contributed by atoms with E-state index >= 15 is 0 Å². The van der Waals surface area contributed by atoms with Gasteiger partial charge in [0.15, 0.2) is 5.17 Å². The van der Waals surface area contributed by atoms with Crippen molar-refractivity contribution in [3.63, 3.8) is 0 Å². The molecule has 0 fully saturated rings. The third-order valence-electron chi connectivity index (χ3n) is 2.66. The molecule has 0 bridgehead atoms. The number of hydrogen-bond acceptors (Lipinski definition) is 2. The third-order valence-corrected chi connectivity index (χ3v) is 2.92. The fraction of sp³-hybridized carbons (Fsp3) is 0.364. The first-order valence-corrected chi connectivity index (χ1v) is 4.82. The number of aryl methyl sites for hydroxylation is 2. The Labute approximate surface area is 89.2 Å². The minimum Gasteiger partial charge on any atom is -0.410 e. The van der Waals surface area contributed by atoms with Crippen molar-refractivity contribution >= 4 is 16.8 Å². The molecular formula is C11H14ClNO. The molecule has 0 aromatic heterocycles. The molecular weight excluding hydrogens is 198 g/mol. The van der Waals surface area contributed by atoms with E-state index in [0.29, 0.717) is 0 Å². The summed E-state index contributed by atoms with van der Waals surface area (Å²) >= 11 is 5.85. The van der Waals surface area contributed by atoms with Gasteiger partial charge in [-0.05, 0) is 49.9 Å². The summed E-state index contributed by atoms with van der Waals surface area (Å²) in [4.78, 5) is 0. The van der Waals surface area contributed by atoms with Crippen LogP contribution >= 0.6 is 11.6 Å². The summed E-state index contributed by atoms with van der Waals surface area (Å²) in [5.74, 6) is 0. The molecule has 3 heteroatoms. The fourth-order valence-electron chi connectivity index (χ4n) is 1.58. The summed E-state index contributed by atoms with van der Waals surface area (Å²) < 4.78 is 0. The maximum absolute atomic E-state index is 8.67. The smallest absolute Gasteiger partial charge is 0.175 e. The quantitative estimate of drug-likeness (QED) is 0.432. The van der Waals surface area contributed by atoms with Gasteiger partial charge >= 0.3 is 0 Å². The predicted molar refractivity (Wildman–Crippen MR) is 59.6 cm³/mol. The van der Waals surface area contributed by atoms with Crippen LogP contribution in [0.1, 0.15) is 27.8 Å². The van der Waals surface area contributed by atoms with Gasteiger partial charge in [-0.2, -0.15) is 0 Å². The van der Waals surface area contributed by atoms with Crippen molar-refractivity contribution in [2.75, 3.05) is 0 Å². The van der Waals surface area contributed by atoms with Crippen molar-refractivity contribution < 1.29 is 5.21 Å². The lowest BCUT2D eigenvalue weighted by Gasteiger charge is -2.12. The molecule has 0 amide bonds. The van der Waals surface area contributed by atoms with Gasteiger partial charge in [0.1, 0.15) is 0 Å². The fourth-order valence-corrected chi connectivity index (χ4v) is 1.86. The van der Waals surface area contributed by atoms with Gasteiger partial charge in [-0.15, -0.1) is 0 Å². The van der Waals surface area contributed by atoms with E-state index in [0.717, 1.165) is 27.8 Å². The second kappa shape index (κ2) is 4.01. The van der Waals surface area contributed by atoms with E-state index in [1.807, 2.05) is 27.7 Å². The first-order valence-electron chi connectivity index (χ1n) is 4.44. The molecule has 0 aliphatic heterocycles. The summed E-state index contributed by atoms with van der Waals surface area (Å²) in [6, 6.07) is 2.11. The van der Waals surface area contributed by atoms with E-state index in [2.05, 4.69) is 11.2 Å². The normalized spacial score (nSPS) is 11.9. The van der Waals surface area contributed by atoms with Crippen LogP contribution in [0.5, 0.6) is 0 Å². The highest BCUT2D eigenvalue weighted by Crippen LogP contribution is 2.23. The number of nitrogens with zero attached hydrogens (tertiary/aromatic N) is 1. The Morgan fingerprint density at radius 1 is 1.14 bits per heavy atom. The average molecular weight is 212 g/mol. The molecule has 2 nitrogen and oxygen atoms in total. The SMILES string of the molecule is Cc1cc(C)c(C)c(C(Cl)=NO)c1C. The minimum atomic E-state index is 0.159. The van der Waals surface area contributed by atoms with Crippen LogP contribution in [0.2, 0.25) is 0 Å². The molecule has 0 spiro atoms. The topological polar surface area (TPSA) is 32.6 Å². The zero-order valence-electron chi connectivity index (χ0n) is 8.85. The lowest BCUT2D eigenvalue weighted by molar-refractivity contribution is 0.320. The molecule has 1 aromatic rings. The Kier molecular flexibility index (Phi) is 3.17. The maximum atomic E-state index is 8.67. The Morgan fingerprint density at radius 2 is 1.57 bits per heavy atom. The number of hydrogen-bond donors (Lipinski definition) is 1. The van der Waals surface area contributed by atoms with Crippen LogP contribution in [0.4, 0.5) is 0 Å². The second-order valence-corrected chi connectivity index (χ2v) is 3.88. The molecule has 0 aliphatic carbocycles. The van der Waals surface area contributed by atoms with Crippen LogP contribution in [0.25, 0.3) is 0 Å². The number of benzene rings is 1. The molecule has 0 unspecified atom stereocenters. The zero-order chi connectivity index (χ0) is 10.9. The lowest BCUT2D eigenvalue weighted by atomic mass is 9.95. The van der Waals surface area contributed by atoms with Crippen LogP contribution in [0.15, 0.2) is 11.2 Å². The highest BCUT2D eigenvalue weighted by atomic mass is 35.5. The number of oxime groups is 1. The minimum absolute atomic E-state index is 0.159. The third kappa shape index (κ3) is 1.75. The summed E-state index contributed by atoms with van der Waals surface area (Å²) in [7, 11) is 0. The van der Waals surface area contributed by atoms with Crippen LogP contribution in [-0.2, 0) is 0 Å². The van der Waals surface area contributed by atoms with Crippen LogP contribution in [0.3, 0.4) is 0 Å². The molecule has 0 saturated carbocycles. The summed E-state index contributed by atoms with van der Waals surface area (Å²) in [6.45, 7) is 8.00. The van der Waals surface area contributed by atoms with E-state index in [4.69, 9.17) is 16.8 Å². The first kappa shape index (κ1) is 11.1. The van der Waals surface area contributed by atoms with Crippen LogP contribution in [0, 0.1) is 27.7 Å². The van der Waals surface area contributed by atoms with Gasteiger partial charge in [0.2, 0.25) is 0 Å². The lowest BCUT2D eigenvalue weighted by Crippen LogP contribution is -2.03. The largest absolute Gasteiger partial charge is 0.410 e. The molecule has 76 valence electrons. The molecule has 0 radical (unpaired) electrons. The van der Waals surface area contributed by atoms with E-state index in [1.54, 1.807) is 0 Å². The van der Waals surface area contributed by atoms with Crippen molar-refractivity contribution in [2.24, 2.45) is 5.16 Å². The maximum Gasteiger partial charge on any atom is 0.175 e. The molecule has 14 heavy (non-hydrogen) atoms. The molecule has 1 N–H and O–H groups in total. The van der Waals surface area contributed by atoms with Crippen molar-refractivity contribution in [3.05, 3.63) is 33.9 Å². The van der Waals surface area contributed by atoms with Gasteiger partial charge in [-0.1, -0.05) is 22.8 Å². The molecule has 0 saturated heterocycles. The van der Waals surface area contributed by atoms with Gasteiger partial charge in [0, 0.05) is 5.56 Å². The highest BCUT2D eigenvalue weighted by Gasteiger charge is 2.12. The number of halogens is 1. The van der Waals surface area contributed by atoms with Crippen molar-refractivity contribution in [1.29, 1.82) is 0 Å². The van der Waals surface area contributed by atoms with Crippen LogP contribution in [-0.4, -0.2) is 10.4 Å². The van der Waals surface area contributed by atoms with E-state index in [9.17, 15) is 0 Å². The Hall–Kier alpha value is -1.02. The van der Waals surface area contributed by atoms with Gasteiger partial charge in [-0.25, -0.2) is 0 Å². The average Bonchev–Trinajstić information content (AvgIpc) is 2.15. The Bertz CT molecular complexity index is 371. The molecule has 0 aliphatic rings. The van der Waals surface area contributed by atoms with Gasteiger partial charge in [0.05, 0.1) is 0 Å². The van der Waals surface area contributed by atoms with Gasteiger partial charge in [-0.3, -0.25) is 0 Å². The highest BCUT2D eigenvalue weighted by molar-refractivity contribution is 6.69. The Morgan fingerprint density at radius 3 is 1.93 bits per heavy atom. The van der Waals surface area contributed by atoms with E-state index < -0.39 is 0 Å². The molecule has 0 atom stereocenters. The van der Waals surface area contributed by atoms with Gasteiger partial charge in [0.25, 0.3) is 0 Å². The zero-order valence-corrected chi connectivity index (χ0v) is 9.61. The molecule has 1 rings (SSSR count). The summed E-state index contributed by atoms with van der Waals surface area (Å²) in [6.07, 6.45) is 0. The molecule has 1 aromatic carbocycles.